The molecule has 1 heterocycles. The number of nitrogens with two attached hydrogens (primary N) is 1. The summed E-state index contributed by atoms with van der Waals surface area (Å²) in [6.07, 6.45) is 6.74. The van der Waals surface area contributed by atoms with Crippen LogP contribution in [0.1, 0.15) is 31.2 Å². The highest BCUT2D eigenvalue weighted by atomic mass is 16.3. The number of nitrogens with one attached hydrogen (secondary N) is 1. The summed E-state index contributed by atoms with van der Waals surface area (Å²) in [6, 6.07) is 8.48. The summed E-state index contributed by atoms with van der Waals surface area (Å²) in [6.45, 7) is 0.558. The molecule has 0 amide bonds. The monoisotopic (exact) mass is 257 g/mol. The average molecular weight is 257 g/mol. The van der Waals surface area contributed by atoms with Crippen LogP contribution < -0.4 is 11.1 Å². The minimum Gasteiger partial charge on any atom is -0.464 e. The van der Waals surface area contributed by atoms with Gasteiger partial charge in [-0.3, -0.25) is 0 Å². The fourth-order valence-electron chi connectivity index (χ4n) is 2.65. The third kappa shape index (κ3) is 2.72. The van der Waals surface area contributed by atoms with Gasteiger partial charge in [-0.2, -0.15) is 0 Å². The zero-order chi connectivity index (χ0) is 13.1. The molecule has 1 aromatic heterocycles. The van der Waals surface area contributed by atoms with E-state index in [0.29, 0.717) is 18.5 Å². The normalized spacial score (nSPS) is 17.2. The maximum Gasteiger partial charge on any atom is 0.189 e. The molecule has 100 valence electrons. The Balaban J connectivity index is 1.67. The van der Waals surface area contributed by atoms with Crippen molar-refractivity contribution in [2.45, 2.75) is 38.3 Å². The number of fused-ring (bicyclic) bond motifs is 1. The van der Waals surface area contributed by atoms with Crippen LogP contribution in [0, 0.1) is 0 Å². The fourth-order valence-corrected chi connectivity index (χ4v) is 2.65. The summed E-state index contributed by atoms with van der Waals surface area (Å²) in [5.74, 6) is 0.539. The predicted molar refractivity (Wildman–Crippen MR) is 76.9 cm³/mol. The molecule has 0 aliphatic heterocycles. The fraction of sp³-hybridized carbons (Fsp3) is 0.400. The first kappa shape index (κ1) is 12.1. The quantitative estimate of drug-likeness (QED) is 0.656. The minimum atomic E-state index is 0.504. The van der Waals surface area contributed by atoms with Crippen LogP contribution in [-0.4, -0.2) is 12.0 Å². The molecule has 1 aliphatic carbocycles. The van der Waals surface area contributed by atoms with Crippen molar-refractivity contribution in [2.24, 2.45) is 10.7 Å². The first-order chi connectivity index (χ1) is 9.33. The molecule has 1 fully saturated rings. The lowest BCUT2D eigenvalue weighted by Gasteiger charge is -2.11. The van der Waals surface area contributed by atoms with Crippen LogP contribution in [0.15, 0.2) is 39.9 Å². The number of hydrogen-bond acceptors (Lipinski definition) is 2. The van der Waals surface area contributed by atoms with Gasteiger partial charge < -0.3 is 15.5 Å². The van der Waals surface area contributed by atoms with Crippen molar-refractivity contribution in [1.82, 2.24) is 5.32 Å². The van der Waals surface area contributed by atoms with Gasteiger partial charge in [0.2, 0.25) is 0 Å². The largest absolute Gasteiger partial charge is 0.464 e. The predicted octanol–water partition coefficient (Wildman–Crippen LogP) is 2.78. The molecule has 3 N–H and O–H groups in total. The molecular weight excluding hydrogens is 238 g/mol. The van der Waals surface area contributed by atoms with Crippen LogP contribution in [0.5, 0.6) is 0 Å². The van der Waals surface area contributed by atoms with E-state index in [1.165, 1.54) is 25.7 Å². The number of aliphatic imine (C=N–C) groups is 1. The number of furan rings is 1. The van der Waals surface area contributed by atoms with E-state index in [4.69, 9.17) is 10.2 Å². The second-order valence-corrected chi connectivity index (χ2v) is 5.08. The van der Waals surface area contributed by atoms with E-state index in [2.05, 4.69) is 10.3 Å². The van der Waals surface area contributed by atoms with Crippen LogP contribution in [0.25, 0.3) is 11.0 Å². The molecule has 0 unspecified atom stereocenters. The summed E-state index contributed by atoms with van der Waals surface area (Å²) in [5, 5.41) is 4.40. The topological polar surface area (TPSA) is 63.5 Å². The molecule has 0 spiro atoms. The molecule has 1 saturated carbocycles. The Labute approximate surface area is 112 Å². The van der Waals surface area contributed by atoms with Crippen LogP contribution in [0.4, 0.5) is 0 Å². The number of para-hydroxylation sites is 1. The van der Waals surface area contributed by atoms with E-state index < -0.39 is 0 Å². The Morgan fingerprint density at radius 2 is 2.11 bits per heavy atom. The molecule has 4 heteroatoms. The SMILES string of the molecule is NC(=NCc1coc2ccccc12)NC1CCCC1. The van der Waals surface area contributed by atoms with E-state index in [-0.39, 0.29) is 0 Å². The van der Waals surface area contributed by atoms with Gasteiger partial charge in [0.25, 0.3) is 0 Å². The molecule has 0 atom stereocenters. The first-order valence-electron chi connectivity index (χ1n) is 6.84. The number of hydrogen-bond donors (Lipinski definition) is 2. The summed E-state index contributed by atoms with van der Waals surface area (Å²) < 4.78 is 5.48. The summed E-state index contributed by atoms with van der Waals surface area (Å²) in [7, 11) is 0. The molecule has 2 aromatic rings. The van der Waals surface area contributed by atoms with E-state index >= 15 is 0 Å². The number of rotatable bonds is 3. The van der Waals surface area contributed by atoms with Crippen LogP contribution in [0.3, 0.4) is 0 Å². The Morgan fingerprint density at radius 1 is 1.32 bits per heavy atom. The highest BCUT2D eigenvalue weighted by Gasteiger charge is 2.14. The average Bonchev–Trinajstić information content (AvgIpc) is 3.05. The van der Waals surface area contributed by atoms with Crippen molar-refractivity contribution in [3.63, 3.8) is 0 Å². The van der Waals surface area contributed by atoms with Crippen LogP contribution in [-0.2, 0) is 6.54 Å². The number of benzene rings is 1. The molecule has 0 radical (unpaired) electrons. The second kappa shape index (κ2) is 5.34. The maximum absolute atomic E-state index is 5.92. The first-order valence-corrected chi connectivity index (χ1v) is 6.84. The zero-order valence-electron chi connectivity index (χ0n) is 10.9. The molecular formula is C15H19N3O. The lowest BCUT2D eigenvalue weighted by molar-refractivity contribution is 0.609. The van der Waals surface area contributed by atoms with Gasteiger partial charge in [-0.1, -0.05) is 31.0 Å². The number of guanidine groups is 1. The van der Waals surface area contributed by atoms with Gasteiger partial charge >= 0.3 is 0 Å². The van der Waals surface area contributed by atoms with Gasteiger partial charge in [-0.05, 0) is 18.9 Å². The van der Waals surface area contributed by atoms with E-state index in [1.807, 2.05) is 24.3 Å². The Bertz CT molecular complexity index is 582. The Hall–Kier alpha value is -1.97. The third-order valence-electron chi connectivity index (χ3n) is 3.69. The van der Waals surface area contributed by atoms with E-state index in [1.54, 1.807) is 6.26 Å². The van der Waals surface area contributed by atoms with Gasteiger partial charge in [-0.25, -0.2) is 4.99 Å². The van der Waals surface area contributed by atoms with Gasteiger partial charge in [0, 0.05) is 17.0 Å². The summed E-state index contributed by atoms with van der Waals surface area (Å²) >= 11 is 0. The van der Waals surface area contributed by atoms with Gasteiger partial charge in [-0.15, -0.1) is 0 Å². The summed E-state index contributed by atoms with van der Waals surface area (Å²) in [4.78, 5) is 4.40. The highest BCUT2D eigenvalue weighted by molar-refractivity contribution is 5.82. The highest BCUT2D eigenvalue weighted by Crippen LogP contribution is 2.21. The van der Waals surface area contributed by atoms with Crippen molar-refractivity contribution in [3.05, 3.63) is 36.1 Å². The van der Waals surface area contributed by atoms with Crippen LogP contribution >= 0.6 is 0 Å². The lowest BCUT2D eigenvalue weighted by atomic mass is 10.2. The summed E-state index contributed by atoms with van der Waals surface area (Å²) in [5.41, 5.74) is 7.90. The Morgan fingerprint density at radius 3 is 2.95 bits per heavy atom. The molecule has 3 rings (SSSR count). The molecule has 0 bridgehead atoms. The number of nitrogens with zero attached hydrogens (tertiary/aromatic N) is 1. The van der Waals surface area contributed by atoms with Crippen molar-refractivity contribution in [3.8, 4) is 0 Å². The minimum absolute atomic E-state index is 0.504. The van der Waals surface area contributed by atoms with Gasteiger partial charge in [0.15, 0.2) is 5.96 Å². The molecule has 1 aliphatic rings. The molecule has 1 aromatic carbocycles. The van der Waals surface area contributed by atoms with Crippen LogP contribution in [0.2, 0.25) is 0 Å². The second-order valence-electron chi connectivity index (χ2n) is 5.08. The third-order valence-corrected chi connectivity index (χ3v) is 3.69. The van der Waals surface area contributed by atoms with Crippen molar-refractivity contribution < 1.29 is 4.42 Å². The van der Waals surface area contributed by atoms with Crippen molar-refractivity contribution >= 4 is 16.9 Å². The van der Waals surface area contributed by atoms with Crippen molar-refractivity contribution in [2.75, 3.05) is 0 Å². The van der Waals surface area contributed by atoms with E-state index in [9.17, 15) is 0 Å². The standard InChI is InChI=1S/C15H19N3O/c16-15(18-12-5-1-2-6-12)17-9-11-10-19-14-8-4-3-7-13(11)14/h3-4,7-8,10,12H,1-2,5-6,9H2,(H3,16,17,18). The maximum atomic E-state index is 5.92. The smallest absolute Gasteiger partial charge is 0.189 e. The zero-order valence-corrected chi connectivity index (χ0v) is 10.9. The van der Waals surface area contributed by atoms with E-state index in [0.717, 1.165) is 16.5 Å². The molecule has 4 nitrogen and oxygen atoms in total. The van der Waals surface area contributed by atoms with Gasteiger partial charge in [0.05, 0.1) is 12.8 Å². The van der Waals surface area contributed by atoms with Crippen molar-refractivity contribution in [1.29, 1.82) is 0 Å². The Kier molecular flexibility index (Phi) is 3.40. The lowest BCUT2D eigenvalue weighted by Crippen LogP contribution is -2.38. The molecule has 19 heavy (non-hydrogen) atoms. The van der Waals surface area contributed by atoms with Gasteiger partial charge in [0.1, 0.15) is 5.58 Å². The molecule has 0 saturated heterocycles.